The molecule has 0 saturated carbocycles. The maximum atomic E-state index is 6.67. The standard InChI is InChI=1S/C52H56O10P2/c1-27-15-35(16-28(2)45(27)55-11)63(36-17-29(3)46(56-12)30(4)18-36)41-23-39(53-9)49-51(61-25-59-49)43(41)44-42(24-40(54-10)50-52(44)62-26-60-50)64(37-19-31(5)47(57-13)32(6)20-37)38-21-33(7)48(58-14)34(8)22-38/h15-24H,25-26H2,1-14H3. The summed E-state index contributed by atoms with van der Waals surface area (Å²) in [4.78, 5) is 0. The summed E-state index contributed by atoms with van der Waals surface area (Å²) in [5.41, 5.74) is 9.90. The third-order valence-electron chi connectivity index (χ3n) is 12.0. The second kappa shape index (κ2) is 18.0. The van der Waals surface area contributed by atoms with Crippen molar-refractivity contribution in [3.05, 3.63) is 105 Å². The van der Waals surface area contributed by atoms with E-state index in [0.717, 1.165) is 110 Å². The fraction of sp³-hybridized carbons (Fsp3) is 0.308. The van der Waals surface area contributed by atoms with Crippen molar-refractivity contribution >= 4 is 47.7 Å². The van der Waals surface area contributed by atoms with Gasteiger partial charge in [-0.2, -0.15) is 0 Å². The Morgan fingerprint density at radius 3 is 0.781 bits per heavy atom. The molecule has 12 heteroatoms. The first-order valence-electron chi connectivity index (χ1n) is 21.0. The zero-order valence-electron chi connectivity index (χ0n) is 39.2. The molecule has 2 aliphatic heterocycles. The van der Waals surface area contributed by atoms with Gasteiger partial charge in [-0.3, -0.25) is 0 Å². The third-order valence-corrected chi connectivity index (χ3v) is 16.7. The van der Waals surface area contributed by atoms with Crippen LogP contribution in [0.4, 0.5) is 0 Å². The normalized spacial score (nSPS) is 12.6. The van der Waals surface area contributed by atoms with Gasteiger partial charge in [0.2, 0.25) is 25.1 Å². The Morgan fingerprint density at radius 1 is 0.328 bits per heavy atom. The molecule has 6 aromatic rings. The van der Waals surface area contributed by atoms with Crippen LogP contribution in [0.3, 0.4) is 0 Å². The summed E-state index contributed by atoms with van der Waals surface area (Å²) in [6, 6.07) is 22.2. The van der Waals surface area contributed by atoms with Gasteiger partial charge in [-0.25, -0.2) is 0 Å². The zero-order valence-corrected chi connectivity index (χ0v) is 41.0. The van der Waals surface area contributed by atoms with Crippen LogP contribution in [-0.4, -0.2) is 56.2 Å². The molecule has 0 atom stereocenters. The lowest BCUT2D eigenvalue weighted by atomic mass is 10.0. The number of fused-ring (bicyclic) bond motifs is 2. The topological polar surface area (TPSA) is 92.3 Å². The molecule has 0 fully saturated rings. The van der Waals surface area contributed by atoms with Crippen LogP contribution in [-0.2, 0) is 0 Å². The highest BCUT2D eigenvalue weighted by molar-refractivity contribution is 7.80. The van der Waals surface area contributed by atoms with Crippen molar-refractivity contribution in [3.8, 4) is 68.6 Å². The average Bonchev–Trinajstić information content (AvgIpc) is 3.95. The monoisotopic (exact) mass is 902 g/mol. The maximum absolute atomic E-state index is 6.67. The largest absolute Gasteiger partial charge is 0.496 e. The van der Waals surface area contributed by atoms with Crippen LogP contribution < -0.4 is 79.2 Å². The number of benzene rings is 6. The van der Waals surface area contributed by atoms with E-state index in [2.05, 4.69) is 116 Å². The van der Waals surface area contributed by atoms with E-state index in [-0.39, 0.29) is 13.6 Å². The van der Waals surface area contributed by atoms with Crippen molar-refractivity contribution < 1.29 is 47.4 Å². The Balaban J connectivity index is 1.57. The molecular weight excluding hydrogens is 847 g/mol. The predicted molar refractivity (Wildman–Crippen MR) is 259 cm³/mol. The summed E-state index contributed by atoms with van der Waals surface area (Å²) in [5, 5.41) is 6.42. The van der Waals surface area contributed by atoms with Gasteiger partial charge < -0.3 is 47.4 Å². The first kappa shape index (κ1) is 44.8. The number of ether oxygens (including phenoxy) is 10. The highest BCUT2D eigenvalue weighted by atomic mass is 31.1. The molecule has 0 amide bonds. The highest BCUT2D eigenvalue weighted by Crippen LogP contribution is 2.58. The van der Waals surface area contributed by atoms with Crippen LogP contribution in [0.5, 0.6) is 57.5 Å². The Kier molecular flexibility index (Phi) is 12.6. The number of hydrogen-bond acceptors (Lipinski definition) is 10. The van der Waals surface area contributed by atoms with Gasteiger partial charge in [-0.1, -0.05) is 0 Å². The van der Waals surface area contributed by atoms with Gasteiger partial charge in [-0.05, 0) is 198 Å². The van der Waals surface area contributed by atoms with Gasteiger partial charge in [0.1, 0.15) is 23.0 Å². The molecule has 0 saturated heterocycles. The van der Waals surface area contributed by atoms with E-state index >= 15 is 0 Å². The van der Waals surface area contributed by atoms with Crippen molar-refractivity contribution in [2.45, 2.75) is 55.4 Å². The summed E-state index contributed by atoms with van der Waals surface area (Å²) in [6.45, 7) is 16.8. The van der Waals surface area contributed by atoms with Crippen molar-refractivity contribution in [1.82, 2.24) is 0 Å². The van der Waals surface area contributed by atoms with Crippen molar-refractivity contribution in [2.75, 3.05) is 56.2 Å². The van der Waals surface area contributed by atoms with Crippen LogP contribution in [0.25, 0.3) is 11.1 Å². The lowest BCUT2D eigenvalue weighted by Crippen LogP contribution is -2.27. The van der Waals surface area contributed by atoms with Crippen molar-refractivity contribution in [1.29, 1.82) is 0 Å². The lowest BCUT2D eigenvalue weighted by Gasteiger charge is -2.30. The van der Waals surface area contributed by atoms with Crippen LogP contribution >= 0.6 is 15.8 Å². The van der Waals surface area contributed by atoms with Gasteiger partial charge in [0.15, 0.2) is 23.0 Å². The molecule has 0 spiro atoms. The maximum Gasteiger partial charge on any atom is 0.231 e. The van der Waals surface area contributed by atoms with Crippen LogP contribution in [0.1, 0.15) is 44.5 Å². The summed E-state index contributed by atoms with van der Waals surface area (Å²) in [7, 11) is 7.44. The molecule has 0 aromatic heterocycles. The molecule has 0 unspecified atom stereocenters. The van der Waals surface area contributed by atoms with E-state index in [1.807, 2.05) is 0 Å². The van der Waals surface area contributed by atoms with E-state index in [9.17, 15) is 0 Å². The minimum atomic E-state index is -1.39. The quantitative estimate of drug-likeness (QED) is 0.105. The average molecular weight is 903 g/mol. The third kappa shape index (κ3) is 7.58. The van der Waals surface area contributed by atoms with Crippen molar-refractivity contribution in [2.24, 2.45) is 0 Å². The van der Waals surface area contributed by atoms with Gasteiger partial charge >= 0.3 is 0 Å². The van der Waals surface area contributed by atoms with E-state index < -0.39 is 15.8 Å². The highest BCUT2D eigenvalue weighted by Gasteiger charge is 2.39. The number of rotatable bonds is 13. The molecule has 10 nitrogen and oxygen atoms in total. The SMILES string of the molecule is COc1cc(P(c2cc(C)c(OC)c(C)c2)c2cc(C)c(OC)c(C)c2)c(-c2c(P(c3cc(C)c(OC)c(C)c3)c3cc(C)c(OC)c(C)c3)cc(OC)c3c2OCO3)c2c1OCO2. The lowest BCUT2D eigenvalue weighted by molar-refractivity contribution is 0.170. The molecule has 64 heavy (non-hydrogen) atoms. The van der Waals surface area contributed by atoms with Crippen LogP contribution in [0, 0.1) is 55.4 Å². The number of aryl methyl sites for hydroxylation is 8. The molecular formula is C52H56O10P2. The second-order valence-electron chi connectivity index (χ2n) is 16.2. The molecule has 2 aliphatic rings. The van der Waals surface area contributed by atoms with Crippen molar-refractivity contribution in [3.63, 3.8) is 0 Å². The summed E-state index contributed by atoms with van der Waals surface area (Å²) in [5.74, 6) is 6.71. The number of methoxy groups -OCH3 is 6. The Labute approximate surface area is 379 Å². The van der Waals surface area contributed by atoms with Gasteiger partial charge in [0, 0.05) is 21.7 Å². The molecule has 6 aromatic carbocycles. The molecule has 0 aliphatic carbocycles. The van der Waals surface area contributed by atoms with Gasteiger partial charge in [0.05, 0.1) is 42.7 Å². The van der Waals surface area contributed by atoms with Crippen LogP contribution in [0.15, 0.2) is 60.7 Å². The minimum absolute atomic E-state index is 0.00904. The Morgan fingerprint density at radius 2 is 0.562 bits per heavy atom. The Bertz CT molecular complexity index is 2410. The molecule has 0 bridgehead atoms. The molecule has 8 rings (SSSR count). The van der Waals surface area contributed by atoms with Gasteiger partial charge in [-0.15, -0.1) is 0 Å². The minimum Gasteiger partial charge on any atom is -0.496 e. The number of hydrogen-bond donors (Lipinski definition) is 0. The molecule has 0 N–H and O–H groups in total. The second-order valence-corrected chi connectivity index (χ2v) is 20.6. The smallest absolute Gasteiger partial charge is 0.231 e. The fourth-order valence-electron chi connectivity index (χ4n) is 9.56. The van der Waals surface area contributed by atoms with E-state index in [1.54, 1.807) is 42.7 Å². The van der Waals surface area contributed by atoms with E-state index in [0.29, 0.717) is 34.5 Å². The Hall–Kier alpha value is -5.82. The van der Waals surface area contributed by atoms with E-state index in [1.165, 1.54) is 0 Å². The molecule has 0 radical (unpaired) electrons. The summed E-state index contributed by atoms with van der Waals surface area (Å²) in [6.07, 6.45) is 0. The summed E-state index contributed by atoms with van der Waals surface area (Å²) >= 11 is 0. The molecule has 2 heterocycles. The first-order chi connectivity index (χ1) is 30.8. The molecule has 334 valence electrons. The zero-order chi connectivity index (χ0) is 45.7. The fourth-order valence-corrected chi connectivity index (χ4v) is 15.2. The van der Waals surface area contributed by atoms with Crippen LogP contribution in [0.2, 0.25) is 0 Å². The first-order valence-corrected chi connectivity index (χ1v) is 23.7. The van der Waals surface area contributed by atoms with E-state index in [4.69, 9.17) is 47.4 Å². The van der Waals surface area contributed by atoms with Gasteiger partial charge in [0.25, 0.3) is 0 Å². The predicted octanol–water partition coefficient (Wildman–Crippen LogP) is 8.85. The summed E-state index contributed by atoms with van der Waals surface area (Å²) < 4.78 is 62.0.